The van der Waals surface area contributed by atoms with Crippen LogP contribution in [0.25, 0.3) is 0 Å². The standard InChI is InChI=1S/C28H36O5.C25H38O5.C24H36O5.C23H27NO5/c1-19(29)25(26(31)33-23-16-12-21(13-17-23)28(5,6)7)24(30)9-8-18-32-22-14-10-20(11-15-22)27(2,3)4;1-17(2)30-23(28)22(18(3)26)21(27)10-9-15-29-20-13-11-19(12-14-20)25(7,8)16-24(4,5)6;1-8-28-22(27)21(17(2)25)20(26)10-9-15-29-19-13-11-18(12-14-19)24(6,7)16-23(3,4)5;1-16(25)21(22(27)29-20-9-5-6-14-24-20)19(26)8-7-15-28-18-12-10-17(11-13-18)23(2,3)4/h10-17,25H,8-9,18H2,1-7H3;11-14,17,22H,9-10,15-16H2,1-8H3;11-14,21H,8-10,15-16H2,1-7H3;5-6,9-14,21H,7-8,15H2,1-4H3. The first-order chi connectivity index (χ1) is 56.1. The molecule has 6 rings (SSSR count). The fourth-order valence-electron chi connectivity index (χ4n) is 13.7. The summed E-state index contributed by atoms with van der Waals surface area (Å²) in [6.45, 7) is 52.9. The van der Waals surface area contributed by atoms with E-state index >= 15 is 0 Å². The number of ether oxygens (including phenoxy) is 8. The molecule has 0 saturated carbocycles. The molecule has 1 heterocycles. The van der Waals surface area contributed by atoms with Crippen molar-refractivity contribution < 1.29 is 95.4 Å². The molecule has 0 radical (unpaired) electrons. The third kappa shape index (κ3) is 39.0. The lowest BCUT2D eigenvalue weighted by molar-refractivity contribution is -0.159. The number of Topliss-reactive ketones (excluding diaryl/α,β-unsaturated/α-hetero) is 8. The van der Waals surface area contributed by atoms with Crippen LogP contribution in [0.15, 0.2) is 146 Å². The van der Waals surface area contributed by atoms with Gasteiger partial charge in [0, 0.05) is 37.9 Å². The van der Waals surface area contributed by atoms with E-state index in [1.807, 2.05) is 84.9 Å². The summed E-state index contributed by atoms with van der Waals surface area (Å²) in [5, 5.41) is 0. The number of ketones is 8. The second-order valence-corrected chi connectivity index (χ2v) is 37.7. The molecule has 662 valence electrons. The van der Waals surface area contributed by atoms with E-state index in [0.717, 1.165) is 35.7 Å². The first kappa shape index (κ1) is 105. The van der Waals surface area contributed by atoms with E-state index < -0.39 is 93.8 Å². The summed E-state index contributed by atoms with van der Waals surface area (Å²) in [5.74, 6) is -9.32. The Morgan fingerprint density at radius 2 is 0.587 bits per heavy atom. The van der Waals surface area contributed by atoms with Crippen LogP contribution in [0.4, 0.5) is 0 Å². The predicted octanol–water partition coefficient (Wildman–Crippen LogP) is 19.9. The molecule has 0 N–H and O–H groups in total. The van der Waals surface area contributed by atoms with Gasteiger partial charge in [0.05, 0.1) is 39.1 Å². The van der Waals surface area contributed by atoms with Crippen LogP contribution in [0.1, 0.15) is 272 Å². The Labute approximate surface area is 720 Å². The van der Waals surface area contributed by atoms with Crippen molar-refractivity contribution in [1.82, 2.24) is 4.98 Å². The highest BCUT2D eigenvalue weighted by Crippen LogP contribution is 2.39. The third-order valence-corrected chi connectivity index (χ3v) is 19.3. The number of hydrogen-bond donors (Lipinski definition) is 0. The van der Waals surface area contributed by atoms with Crippen molar-refractivity contribution in [2.24, 2.45) is 34.5 Å². The minimum Gasteiger partial charge on any atom is -0.494 e. The van der Waals surface area contributed by atoms with Crippen LogP contribution in [-0.4, -0.2) is 114 Å². The van der Waals surface area contributed by atoms with Crippen molar-refractivity contribution in [3.8, 4) is 34.6 Å². The zero-order valence-electron chi connectivity index (χ0n) is 77.0. The Kier molecular flexibility index (Phi) is 41.9. The van der Waals surface area contributed by atoms with E-state index in [9.17, 15) is 57.5 Å². The maximum absolute atomic E-state index is 12.6. The number of nitrogens with zero attached hydrogens (tertiary/aromatic N) is 1. The Balaban J connectivity index is 0.000000417. The van der Waals surface area contributed by atoms with Gasteiger partial charge in [0.1, 0.15) is 28.7 Å². The zero-order valence-corrected chi connectivity index (χ0v) is 77.0. The molecule has 121 heavy (non-hydrogen) atoms. The summed E-state index contributed by atoms with van der Waals surface area (Å²) in [7, 11) is 0. The first-order valence-electron chi connectivity index (χ1n) is 42.0. The van der Waals surface area contributed by atoms with Crippen LogP contribution in [0.5, 0.6) is 34.6 Å². The van der Waals surface area contributed by atoms with Crippen LogP contribution in [-0.2, 0) is 94.1 Å². The van der Waals surface area contributed by atoms with Gasteiger partial charge < -0.3 is 37.9 Å². The molecule has 5 aromatic carbocycles. The Morgan fingerprint density at radius 3 is 0.835 bits per heavy atom. The van der Waals surface area contributed by atoms with Gasteiger partial charge in [0.15, 0.2) is 69.9 Å². The summed E-state index contributed by atoms with van der Waals surface area (Å²) < 4.78 is 43.0. The number of carbonyl (C=O) groups excluding carboxylic acids is 12. The van der Waals surface area contributed by atoms with Gasteiger partial charge in [0.2, 0.25) is 5.88 Å². The predicted molar refractivity (Wildman–Crippen MR) is 472 cm³/mol. The lowest BCUT2D eigenvalue weighted by atomic mass is 9.72. The van der Waals surface area contributed by atoms with Crippen molar-refractivity contribution in [2.45, 2.75) is 277 Å². The summed E-state index contributed by atoms with van der Waals surface area (Å²) in [5.41, 5.74) is 6.74. The van der Waals surface area contributed by atoms with Gasteiger partial charge in [-0.25, -0.2) is 4.98 Å². The average Bonchev–Trinajstić information content (AvgIpc) is 0.836. The van der Waals surface area contributed by atoms with Crippen molar-refractivity contribution >= 4 is 70.1 Å². The monoisotopic (exact) mass is 1670 g/mol. The molecule has 0 spiro atoms. The van der Waals surface area contributed by atoms with E-state index in [4.69, 9.17) is 37.9 Å². The van der Waals surface area contributed by atoms with Crippen molar-refractivity contribution in [3.05, 3.63) is 174 Å². The topological polar surface area (TPSA) is 292 Å². The molecule has 21 heteroatoms. The normalized spacial score (nSPS) is 12.7. The number of hydrogen-bond acceptors (Lipinski definition) is 21. The van der Waals surface area contributed by atoms with Crippen molar-refractivity contribution in [2.75, 3.05) is 33.0 Å². The van der Waals surface area contributed by atoms with Crippen LogP contribution in [0.3, 0.4) is 0 Å². The lowest BCUT2D eigenvalue weighted by Crippen LogP contribution is -2.34. The molecular formula is C100H137NO20. The smallest absolute Gasteiger partial charge is 0.330 e. The van der Waals surface area contributed by atoms with E-state index in [0.29, 0.717) is 63.6 Å². The molecule has 0 bridgehead atoms. The molecule has 0 amide bonds. The number of benzene rings is 5. The quantitative estimate of drug-likeness (QED) is 0.0149. The molecule has 1 aromatic heterocycles. The molecule has 0 aliphatic heterocycles. The van der Waals surface area contributed by atoms with E-state index in [1.54, 1.807) is 45.0 Å². The van der Waals surface area contributed by atoms with E-state index in [-0.39, 0.29) is 82.2 Å². The average molecular weight is 1670 g/mol. The second kappa shape index (κ2) is 48.4. The lowest BCUT2D eigenvalue weighted by Gasteiger charge is -2.33. The molecular weight excluding hydrogens is 1540 g/mol. The SMILES string of the molecule is CC(=O)C(C(=O)CCCOc1ccc(C(C)(C)C)cc1)C(=O)Oc1ccc(C(C)(C)C)cc1.CC(=O)C(C(=O)CCCOc1ccc(C(C)(C)C)cc1)C(=O)Oc1ccccn1.CC(=O)C(C(=O)CCCOc1ccc(C(C)(C)CC(C)(C)C)cc1)C(=O)OC(C)C.CCOC(=O)C(C(C)=O)C(=O)CCCOc1ccc(C(C)(C)CC(C)(C)C)cc1. The highest BCUT2D eigenvalue weighted by molar-refractivity contribution is 6.19. The number of rotatable bonds is 40. The maximum atomic E-state index is 12.6. The highest BCUT2D eigenvalue weighted by atomic mass is 16.6. The Morgan fingerprint density at radius 1 is 0.322 bits per heavy atom. The number of pyridine rings is 1. The summed E-state index contributed by atoms with van der Waals surface area (Å²) in [4.78, 5) is 149. The molecule has 0 aliphatic carbocycles. The third-order valence-electron chi connectivity index (χ3n) is 19.3. The Bertz CT molecular complexity index is 4330. The Hall–Kier alpha value is -10.3. The van der Waals surface area contributed by atoms with Gasteiger partial charge >= 0.3 is 23.9 Å². The van der Waals surface area contributed by atoms with Gasteiger partial charge in [-0.15, -0.1) is 0 Å². The van der Waals surface area contributed by atoms with Crippen molar-refractivity contribution in [3.63, 3.8) is 0 Å². The number of aromatic nitrogens is 1. The zero-order chi connectivity index (χ0) is 91.6. The van der Waals surface area contributed by atoms with Gasteiger partial charge in [-0.2, -0.15) is 0 Å². The van der Waals surface area contributed by atoms with Crippen LogP contribution in [0, 0.1) is 34.5 Å². The van der Waals surface area contributed by atoms with E-state index in [2.05, 4.69) is 161 Å². The molecule has 0 saturated heterocycles. The maximum Gasteiger partial charge on any atom is 0.330 e. The summed E-state index contributed by atoms with van der Waals surface area (Å²) >= 11 is 0. The van der Waals surface area contributed by atoms with Gasteiger partial charge in [-0.05, 0) is 219 Å². The van der Waals surface area contributed by atoms with Gasteiger partial charge in [-0.3, -0.25) is 57.5 Å². The second-order valence-electron chi connectivity index (χ2n) is 37.7. The van der Waals surface area contributed by atoms with Crippen molar-refractivity contribution in [1.29, 1.82) is 0 Å². The van der Waals surface area contributed by atoms with Crippen LogP contribution in [0.2, 0.25) is 0 Å². The highest BCUT2D eigenvalue weighted by Gasteiger charge is 2.37. The molecule has 0 aliphatic rings. The van der Waals surface area contributed by atoms with Gasteiger partial charge in [0.25, 0.3) is 0 Å². The largest absolute Gasteiger partial charge is 0.494 e. The molecule has 4 atom stereocenters. The van der Waals surface area contributed by atoms with Crippen LogP contribution >= 0.6 is 0 Å². The van der Waals surface area contributed by atoms with Crippen LogP contribution < -0.4 is 28.4 Å². The molecule has 6 aromatic rings. The first-order valence-corrected chi connectivity index (χ1v) is 42.0. The summed E-state index contributed by atoms with van der Waals surface area (Å²) in [6, 6.07) is 43.7. The van der Waals surface area contributed by atoms with Gasteiger partial charge in [-0.1, -0.05) is 198 Å². The minimum atomic E-state index is -1.44. The molecule has 21 nitrogen and oxygen atoms in total. The van der Waals surface area contributed by atoms with E-state index in [1.165, 1.54) is 62.2 Å². The number of esters is 4. The minimum absolute atomic E-state index is 0.0306. The molecule has 4 unspecified atom stereocenters. The fraction of sp³-hybridized carbons (Fsp3) is 0.530. The summed E-state index contributed by atoms with van der Waals surface area (Å²) in [6.07, 6.45) is 5.16. The fourth-order valence-corrected chi connectivity index (χ4v) is 13.7. The number of carbonyl (C=O) groups is 12. The molecule has 0 fully saturated rings.